The maximum Gasteiger partial charge on any atom is 0.137 e. The third kappa shape index (κ3) is 9.35. The van der Waals surface area contributed by atoms with Gasteiger partial charge in [-0.15, -0.1) is 11.8 Å². The average Bonchev–Trinajstić information content (AvgIpc) is 3.26. The molecule has 0 spiro atoms. The van der Waals surface area contributed by atoms with Gasteiger partial charge in [0.1, 0.15) is 5.82 Å². The summed E-state index contributed by atoms with van der Waals surface area (Å²) in [5.41, 5.74) is 3.98. The van der Waals surface area contributed by atoms with Crippen molar-refractivity contribution in [3.8, 4) is 0 Å². The van der Waals surface area contributed by atoms with Crippen LogP contribution in [0.15, 0.2) is 83.8 Å². The number of thioether (sulfide) groups is 1. The van der Waals surface area contributed by atoms with Gasteiger partial charge in [-0.05, 0) is 81.0 Å². The third-order valence-corrected chi connectivity index (χ3v) is 7.36. The highest BCUT2D eigenvalue weighted by molar-refractivity contribution is 7.99. The van der Waals surface area contributed by atoms with Crippen molar-refractivity contribution in [3.05, 3.63) is 101 Å². The third-order valence-electron chi connectivity index (χ3n) is 6.12. The van der Waals surface area contributed by atoms with Gasteiger partial charge in [0.05, 0.1) is 0 Å². The minimum absolute atomic E-state index is 0.0489. The SMILES string of the molecule is CC1CCN(CCCc2ccccc2)C1.Cc1ccccc1.Fc1cccc2c1SCCC2. The molecule has 0 amide bonds. The number of benzene rings is 3. The van der Waals surface area contributed by atoms with Crippen LogP contribution in [-0.2, 0) is 12.8 Å². The normalized spacial score (nSPS) is 17.2. The van der Waals surface area contributed by atoms with E-state index in [1.165, 1.54) is 68.1 Å². The number of nitrogens with zero attached hydrogens (tertiary/aromatic N) is 1. The standard InChI is InChI=1S/C14H21N.C9H9FS.C7H8/c1-13-9-11-15(12-13)10-5-8-14-6-3-2-4-7-14;10-8-5-1-3-7-4-2-6-11-9(7)8;1-7-5-3-2-4-6-7/h2-4,6-7,13H,5,8-12H2,1H3;1,3,5H,2,4,6H2;2-6H,1H3. The highest BCUT2D eigenvalue weighted by Gasteiger charge is 2.17. The number of rotatable bonds is 4. The van der Waals surface area contributed by atoms with E-state index >= 15 is 0 Å². The Morgan fingerprint density at radius 1 is 0.939 bits per heavy atom. The van der Waals surface area contributed by atoms with Crippen LogP contribution in [0.1, 0.15) is 42.9 Å². The van der Waals surface area contributed by atoms with Gasteiger partial charge < -0.3 is 4.90 Å². The number of likely N-dealkylation sites (tertiary alicyclic amines) is 1. The monoisotopic (exact) mass is 463 g/mol. The van der Waals surface area contributed by atoms with Crippen molar-refractivity contribution >= 4 is 11.8 Å². The van der Waals surface area contributed by atoms with Gasteiger partial charge in [0.15, 0.2) is 0 Å². The second-order valence-electron chi connectivity index (χ2n) is 9.12. The van der Waals surface area contributed by atoms with E-state index < -0.39 is 0 Å². The Balaban J connectivity index is 0.000000149. The molecule has 3 aromatic carbocycles. The van der Waals surface area contributed by atoms with Crippen LogP contribution in [0.5, 0.6) is 0 Å². The smallest absolute Gasteiger partial charge is 0.137 e. The number of hydrogen-bond donors (Lipinski definition) is 0. The van der Waals surface area contributed by atoms with Crippen LogP contribution < -0.4 is 0 Å². The fraction of sp³-hybridized carbons (Fsp3) is 0.400. The van der Waals surface area contributed by atoms with E-state index in [2.05, 4.69) is 61.2 Å². The maximum atomic E-state index is 13.1. The molecule has 2 heterocycles. The predicted octanol–water partition coefficient (Wildman–Crippen LogP) is 7.82. The van der Waals surface area contributed by atoms with Gasteiger partial charge in [-0.1, -0.05) is 85.3 Å². The van der Waals surface area contributed by atoms with Crippen molar-refractivity contribution in [1.82, 2.24) is 4.90 Å². The predicted molar refractivity (Wildman–Crippen MR) is 142 cm³/mol. The quantitative estimate of drug-likeness (QED) is 0.388. The highest BCUT2D eigenvalue weighted by atomic mass is 32.2. The second kappa shape index (κ2) is 14.2. The lowest BCUT2D eigenvalue weighted by Gasteiger charge is -2.14. The maximum absolute atomic E-state index is 13.1. The molecule has 0 saturated carbocycles. The number of halogens is 1. The minimum Gasteiger partial charge on any atom is -0.303 e. The molecule has 1 nitrogen and oxygen atoms in total. The topological polar surface area (TPSA) is 3.24 Å². The van der Waals surface area contributed by atoms with Gasteiger partial charge in [-0.25, -0.2) is 4.39 Å². The van der Waals surface area contributed by atoms with Crippen LogP contribution in [0, 0.1) is 18.7 Å². The molecule has 5 rings (SSSR count). The molecule has 0 radical (unpaired) electrons. The van der Waals surface area contributed by atoms with Crippen molar-refractivity contribution in [2.45, 2.75) is 50.8 Å². The average molecular weight is 464 g/mol. The van der Waals surface area contributed by atoms with Gasteiger partial charge in [-0.3, -0.25) is 0 Å². The van der Waals surface area contributed by atoms with Crippen molar-refractivity contribution in [1.29, 1.82) is 0 Å². The fourth-order valence-corrected chi connectivity index (χ4v) is 5.32. The van der Waals surface area contributed by atoms with Crippen LogP contribution in [0.4, 0.5) is 4.39 Å². The molecule has 3 aromatic rings. The van der Waals surface area contributed by atoms with E-state index in [4.69, 9.17) is 0 Å². The van der Waals surface area contributed by atoms with Crippen LogP contribution in [0.3, 0.4) is 0 Å². The van der Waals surface area contributed by atoms with Gasteiger partial charge in [0.25, 0.3) is 0 Å². The first-order chi connectivity index (χ1) is 16.1. The summed E-state index contributed by atoms with van der Waals surface area (Å²) in [7, 11) is 0. The molecule has 3 heteroatoms. The largest absolute Gasteiger partial charge is 0.303 e. The minimum atomic E-state index is -0.0489. The molecule has 1 atom stereocenters. The van der Waals surface area contributed by atoms with Gasteiger partial charge in [0, 0.05) is 11.4 Å². The van der Waals surface area contributed by atoms with E-state index in [1.54, 1.807) is 17.8 Å². The molecule has 176 valence electrons. The van der Waals surface area contributed by atoms with E-state index in [0.717, 1.165) is 23.0 Å². The fourth-order valence-electron chi connectivity index (χ4n) is 4.26. The van der Waals surface area contributed by atoms with E-state index in [0.29, 0.717) is 0 Å². The molecule has 33 heavy (non-hydrogen) atoms. The Morgan fingerprint density at radius 3 is 2.27 bits per heavy atom. The summed E-state index contributed by atoms with van der Waals surface area (Å²) in [6, 6.07) is 26.4. The van der Waals surface area contributed by atoms with Crippen molar-refractivity contribution in [2.24, 2.45) is 5.92 Å². The summed E-state index contributed by atoms with van der Waals surface area (Å²) >= 11 is 1.64. The zero-order chi connectivity index (χ0) is 23.3. The molecule has 0 bridgehead atoms. The Morgan fingerprint density at radius 2 is 1.67 bits per heavy atom. The summed E-state index contributed by atoms with van der Waals surface area (Å²) in [5.74, 6) is 1.93. The summed E-state index contributed by atoms with van der Waals surface area (Å²) in [4.78, 5) is 3.48. The van der Waals surface area contributed by atoms with Gasteiger partial charge in [-0.2, -0.15) is 0 Å². The summed E-state index contributed by atoms with van der Waals surface area (Å²) in [6.45, 7) is 8.35. The Hall–Kier alpha value is -2.10. The first kappa shape index (κ1) is 25.5. The van der Waals surface area contributed by atoms with Crippen LogP contribution in [0.2, 0.25) is 0 Å². The molecule has 1 fully saturated rings. The number of aryl methyl sites for hydroxylation is 3. The molecule has 0 aliphatic carbocycles. The van der Waals surface area contributed by atoms with E-state index in [-0.39, 0.29) is 5.82 Å². The zero-order valence-electron chi connectivity index (χ0n) is 20.2. The lowest BCUT2D eigenvalue weighted by Crippen LogP contribution is -2.21. The summed E-state index contributed by atoms with van der Waals surface area (Å²) < 4.78 is 13.1. The molecule has 1 unspecified atom stereocenters. The van der Waals surface area contributed by atoms with Crippen LogP contribution in [0.25, 0.3) is 0 Å². The Kier molecular flexibility index (Phi) is 11.0. The molecule has 2 aliphatic rings. The van der Waals surface area contributed by atoms with E-state index in [9.17, 15) is 4.39 Å². The molecular formula is C30H38FNS. The van der Waals surface area contributed by atoms with E-state index in [1.807, 2.05) is 24.3 Å². The van der Waals surface area contributed by atoms with Crippen molar-refractivity contribution in [3.63, 3.8) is 0 Å². The first-order valence-corrected chi connectivity index (χ1v) is 13.3. The van der Waals surface area contributed by atoms with Crippen LogP contribution >= 0.6 is 11.8 Å². The lowest BCUT2D eigenvalue weighted by atomic mass is 10.1. The molecule has 1 saturated heterocycles. The molecular weight excluding hydrogens is 425 g/mol. The molecule has 2 aliphatic heterocycles. The number of hydrogen-bond acceptors (Lipinski definition) is 2. The Bertz CT molecular complexity index is 929. The van der Waals surface area contributed by atoms with Crippen molar-refractivity contribution < 1.29 is 4.39 Å². The molecule has 0 N–H and O–H groups in total. The van der Waals surface area contributed by atoms with Crippen molar-refractivity contribution in [2.75, 3.05) is 25.4 Å². The summed E-state index contributed by atoms with van der Waals surface area (Å²) in [5, 5.41) is 0. The van der Waals surface area contributed by atoms with Gasteiger partial charge >= 0.3 is 0 Å². The lowest BCUT2D eigenvalue weighted by molar-refractivity contribution is 0.323. The van der Waals surface area contributed by atoms with Gasteiger partial charge in [0.2, 0.25) is 0 Å². The van der Waals surface area contributed by atoms with Crippen LogP contribution in [-0.4, -0.2) is 30.3 Å². The number of fused-ring (bicyclic) bond motifs is 1. The Labute approximate surface area is 204 Å². The second-order valence-corrected chi connectivity index (χ2v) is 10.2. The summed E-state index contributed by atoms with van der Waals surface area (Å²) in [6.07, 6.45) is 6.15. The zero-order valence-corrected chi connectivity index (χ0v) is 21.0. The molecule has 0 aromatic heterocycles. The first-order valence-electron chi connectivity index (χ1n) is 12.3. The highest BCUT2D eigenvalue weighted by Crippen LogP contribution is 2.31.